The van der Waals surface area contributed by atoms with Gasteiger partial charge in [-0.05, 0) is 0 Å². The van der Waals surface area contributed by atoms with Crippen LogP contribution in [-0.4, -0.2) is 58.6 Å². The van der Waals surface area contributed by atoms with Crippen LogP contribution in [0.4, 0.5) is 5.95 Å². The molecule has 1 radical (unpaired) electrons. The van der Waals surface area contributed by atoms with Crippen molar-refractivity contribution in [2.45, 2.75) is 13.0 Å². The molecule has 1 aromatic carbocycles. The first-order valence-corrected chi connectivity index (χ1v) is 9.73. The molecule has 27 heavy (non-hydrogen) atoms. The molecule has 0 aliphatic carbocycles. The van der Waals surface area contributed by atoms with Crippen molar-refractivity contribution in [3.63, 3.8) is 0 Å². The average molecular weight is 427 g/mol. The SMILES string of the molecule is CC(Nc1ncc(C(N)=O)c([As]c2cccc(-n3nccn3)c2)n1)C(N)=O. The summed E-state index contributed by atoms with van der Waals surface area (Å²) >= 11 is -0.681. The van der Waals surface area contributed by atoms with E-state index in [1.165, 1.54) is 11.0 Å². The number of anilines is 1. The maximum absolute atomic E-state index is 11.7. The Hall–Kier alpha value is -3.26. The van der Waals surface area contributed by atoms with Crippen LogP contribution in [0.3, 0.4) is 0 Å². The van der Waals surface area contributed by atoms with Crippen LogP contribution in [0.1, 0.15) is 17.3 Å². The molecule has 0 bridgehead atoms. The summed E-state index contributed by atoms with van der Waals surface area (Å²) in [6.07, 6.45) is 4.54. The van der Waals surface area contributed by atoms with Crippen LogP contribution in [0.25, 0.3) is 5.69 Å². The summed E-state index contributed by atoms with van der Waals surface area (Å²) in [5.74, 6) is -0.937. The summed E-state index contributed by atoms with van der Waals surface area (Å²) in [5.41, 5.74) is 11.7. The van der Waals surface area contributed by atoms with E-state index in [4.69, 9.17) is 11.5 Å². The first kappa shape index (κ1) is 18.5. The van der Waals surface area contributed by atoms with E-state index in [1.807, 2.05) is 24.3 Å². The maximum atomic E-state index is 11.7. The van der Waals surface area contributed by atoms with Gasteiger partial charge < -0.3 is 0 Å². The molecule has 11 heteroatoms. The van der Waals surface area contributed by atoms with E-state index in [2.05, 4.69) is 25.5 Å². The van der Waals surface area contributed by atoms with Crippen molar-refractivity contribution in [3.05, 3.63) is 48.4 Å². The molecule has 137 valence electrons. The Balaban J connectivity index is 1.91. The number of hydrogen-bond donors (Lipinski definition) is 3. The number of nitrogens with one attached hydrogen (secondary N) is 1. The molecule has 0 aliphatic rings. The number of benzene rings is 1. The Morgan fingerprint density at radius 2 is 1.96 bits per heavy atom. The Labute approximate surface area is 161 Å². The van der Waals surface area contributed by atoms with Gasteiger partial charge in [-0.3, -0.25) is 0 Å². The van der Waals surface area contributed by atoms with E-state index >= 15 is 0 Å². The van der Waals surface area contributed by atoms with Crippen LogP contribution in [0.15, 0.2) is 42.9 Å². The van der Waals surface area contributed by atoms with Crippen molar-refractivity contribution in [1.29, 1.82) is 0 Å². The van der Waals surface area contributed by atoms with Gasteiger partial charge >= 0.3 is 161 Å². The van der Waals surface area contributed by atoms with Crippen molar-refractivity contribution in [2.75, 3.05) is 5.32 Å². The van der Waals surface area contributed by atoms with Gasteiger partial charge in [0.05, 0.1) is 0 Å². The number of aromatic nitrogens is 5. The van der Waals surface area contributed by atoms with Gasteiger partial charge in [-0.1, -0.05) is 0 Å². The summed E-state index contributed by atoms with van der Waals surface area (Å²) in [6, 6.07) is 6.96. The van der Waals surface area contributed by atoms with E-state index in [1.54, 1.807) is 19.3 Å². The number of rotatable bonds is 7. The van der Waals surface area contributed by atoms with Crippen LogP contribution in [-0.2, 0) is 4.79 Å². The molecule has 2 heterocycles. The Kier molecular flexibility index (Phi) is 5.46. The average Bonchev–Trinajstić information content (AvgIpc) is 3.16. The molecule has 0 aliphatic heterocycles. The third kappa shape index (κ3) is 4.48. The van der Waals surface area contributed by atoms with E-state index in [0.717, 1.165) is 10.0 Å². The van der Waals surface area contributed by atoms with Gasteiger partial charge in [-0.15, -0.1) is 0 Å². The van der Waals surface area contributed by atoms with Gasteiger partial charge in [0.1, 0.15) is 0 Å². The zero-order chi connectivity index (χ0) is 19.4. The van der Waals surface area contributed by atoms with Crippen LogP contribution in [0.5, 0.6) is 0 Å². The van der Waals surface area contributed by atoms with Gasteiger partial charge in [0.25, 0.3) is 0 Å². The first-order valence-electron chi connectivity index (χ1n) is 7.85. The fourth-order valence-corrected chi connectivity index (χ4v) is 4.30. The van der Waals surface area contributed by atoms with Crippen LogP contribution < -0.4 is 25.6 Å². The molecular formula is C16H16AsN8O2. The van der Waals surface area contributed by atoms with Gasteiger partial charge in [0, 0.05) is 0 Å². The fraction of sp³-hybridized carbons (Fsp3) is 0.125. The quantitative estimate of drug-likeness (QED) is 0.372. The first-order chi connectivity index (χ1) is 12.9. The topological polar surface area (TPSA) is 155 Å². The normalized spacial score (nSPS) is 12.2. The molecule has 10 nitrogen and oxygen atoms in total. The van der Waals surface area contributed by atoms with Crippen LogP contribution >= 0.6 is 0 Å². The molecular weight excluding hydrogens is 411 g/mol. The molecule has 1 unspecified atom stereocenters. The van der Waals surface area contributed by atoms with Gasteiger partial charge in [-0.2, -0.15) is 0 Å². The Morgan fingerprint density at radius 1 is 1.22 bits per heavy atom. The minimum absolute atomic E-state index is 0.210. The molecule has 2 aromatic heterocycles. The summed E-state index contributed by atoms with van der Waals surface area (Å²) in [5, 5.41) is 11.0. The second kappa shape index (κ2) is 7.96. The predicted octanol–water partition coefficient (Wildman–Crippen LogP) is -1.90. The van der Waals surface area contributed by atoms with E-state index in [-0.39, 0.29) is 11.5 Å². The summed E-state index contributed by atoms with van der Waals surface area (Å²) < 4.78 is 1.50. The second-order valence-electron chi connectivity index (χ2n) is 5.51. The monoisotopic (exact) mass is 427 g/mol. The van der Waals surface area contributed by atoms with E-state index in [0.29, 0.717) is 4.48 Å². The number of nitrogens with two attached hydrogens (primary N) is 2. The number of primary amides is 2. The van der Waals surface area contributed by atoms with E-state index in [9.17, 15) is 9.59 Å². The molecule has 3 rings (SSSR count). The molecule has 0 fully saturated rings. The van der Waals surface area contributed by atoms with Gasteiger partial charge in [-0.25, -0.2) is 0 Å². The van der Waals surface area contributed by atoms with Crippen molar-refractivity contribution in [3.8, 4) is 5.69 Å². The van der Waals surface area contributed by atoms with E-state index < -0.39 is 33.6 Å². The number of nitrogens with zero attached hydrogens (tertiary/aromatic N) is 5. The third-order valence-electron chi connectivity index (χ3n) is 3.52. The second-order valence-corrected chi connectivity index (χ2v) is 7.96. The van der Waals surface area contributed by atoms with Crippen LogP contribution in [0, 0.1) is 0 Å². The summed E-state index contributed by atoms with van der Waals surface area (Å²) in [6.45, 7) is 1.60. The van der Waals surface area contributed by atoms with Crippen molar-refractivity contribution >= 4 is 42.3 Å². The standard InChI is InChI=1S/C16H16AsN8O2/c1-9(14(18)26)23-16-20-8-12(15(19)27)13(24-16)17-10-3-2-4-11(7-10)25-21-5-6-22-25/h2-9H,1H3,(H2,18,26)(H2,19,27)(H,20,23,24). The molecule has 3 aromatic rings. The fourth-order valence-electron chi connectivity index (χ4n) is 2.12. The number of carbonyl (C=O) groups is 2. The zero-order valence-corrected chi connectivity index (χ0v) is 16.1. The Morgan fingerprint density at radius 3 is 2.63 bits per heavy atom. The van der Waals surface area contributed by atoms with Crippen molar-refractivity contribution in [2.24, 2.45) is 11.5 Å². The number of hydrogen-bond acceptors (Lipinski definition) is 7. The van der Waals surface area contributed by atoms with Gasteiger partial charge in [0.15, 0.2) is 0 Å². The minimum atomic E-state index is -0.681. The molecule has 2 amide bonds. The predicted molar refractivity (Wildman–Crippen MR) is 99.2 cm³/mol. The van der Waals surface area contributed by atoms with Crippen LogP contribution in [0.2, 0.25) is 0 Å². The molecule has 1 atom stereocenters. The zero-order valence-electron chi connectivity index (χ0n) is 14.3. The molecule has 0 spiro atoms. The van der Waals surface area contributed by atoms with Crippen molar-refractivity contribution in [1.82, 2.24) is 25.0 Å². The molecule has 0 saturated heterocycles. The Bertz CT molecular complexity index is 976. The summed E-state index contributed by atoms with van der Waals surface area (Å²) in [4.78, 5) is 32.9. The number of amides is 2. The third-order valence-corrected chi connectivity index (χ3v) is 5.81. The molecule has 5 N–H and O–H groups in total. The summed E-state index contributed by atoms with van der Waals surface area (Å²) in [7, 11) is 0. The van der Waals surface area contributed by atoms with Crippen molar-refractivity contribution < 1.29 is 9.59 Å². The van der Waals surface area contributed by atoms with Gasteiger partial charge in [0.2, 0.25) is 0 Å². The molecule has 0 saturated carbocycles. The number of carbonyl (C=O) groups excluding carboxylic acids is 2.